The van der Waals surface area contributed by atoms with Crippen molar-refractivity contribution < 1.29 is 14.6 Å². The minimum atomic E-state index is -0.542. The van der Waals surface area contributed by atoms with Gasteiger partial charge < -0.3 is 9.84 Å². The largest absolute Gasteiger partial charge is 0.463 e. The Morgan fingerprint density at radius 1 is 1.24 bits per heavy atom. The summed E-state index contributed by atoms with van der Waals surface area (Å²) in [6, 6.07) is 8.66. The van der Waals surface area contributed by atoms with Gasteiger partial charge in [0.05, 0.1) is 12.0 Å². The average Bonchev–Trinajstić information content (AvgIpc) is 2.50. The molecule has 0 bridgehead atoms. The summed E-state index contributed by atoms with van der Waals surface area (Å²) in [5.41, 5.74) is 2.06. The van der Waals surface area contributed by atoms with E-state index in [1.54, 1.807) is 0 Å². The summed E-state index contributed by atoms with van der Waals surface area (Å²) in [4.78, 5) is 12.1. The molecule has 0 fully saturated rings. The predicted molar refractivity (Wildman–Crippen MR) is 85.3 cm³/mol. The number of aryl methyl sites for hydroxylation is 1. The second-order valence-corrected chi connectivity index (χ2v) is 6.15. The van der Waals surface area contributed by atoms with Crippen LogP contribution in [-0.4, -0.2) is 24.3 Å². The smallest absolute Gasteiger partial charge is 0.311 e. The molecule has 1 atom stereocenters. The van der Waals surface area contributed by atoms with Crippen LogP contribution in [0, 0.1) is 5.41 Å². The molecule has 118 valence electrons. The van der Waals surface area contributed by atoms with Crippen molar-refractivity contribution in [1.82, 2.24) is 0 Å². The summed E-state index contributed by atoms with van der Waals surface area (Å²) in [5.74, 6) is 0.104. The maximum absolute atomic E-state index is 12.1. The first kappa shape index (κ1) is 17.7. The van der Waals surface area contributed by atoms with E-state index in [4.69, 9.17) is 9.84 Å². The zero-order chi connectivity index (χ0) is 15.9. The topological polar surface area (TPSA) is 46.5 Å². The van der Waals surface area contributed by atoms with E-state index in [9.17, 15) is 4.79 Å². The van der Waals surface area contributed by atoms with Crippen molar-refractivity contribution in [2.24, 2.45) is 5.41 Å². The standard InChI is InChI=1S/C18H28O3/c1-5-14-7-9-16(10-8-14)15(6-2)13-18(3,4)17(20)21-12-11-19/h7-10,15,19H,5-6,11-13H2,1-4H3. The number of rotatable bonds is 8. The van der Waals surface area contributed by atoms with E-state index in [-0.39, 0.29) is 19.2 Å². The number of carbonyl (C=O) groups is 1. The van der Waals surface area contributed by atoms with Crippen LogP contribution >= 0.6 is 0 Å². The van der Waals surface area contributed by atoms with Gasteiger partial charge in [0, 0.05) is 0 Å². The fourth-order valence-electron chi connectivity index (χ4n) is 2.56. The number of carbonyl (C=O) groups excluding carboxylic acids is 1. The first-order chi connectivity index (χ1) is 9.94. The van der Waals surface area contributed by atoms with Crippen molar-refractivity contribution in [1.29, 1.82) is 0 Å². The fourth-order valence-corrected chi connectivity index (χ4v) is 2.56. The van der Waals surface area contributed by atoms with Crippen LogP contribution in [0.3, 0.4) is 0 Å². The number of hydrogen-bond acceptors (Lipinski definition) is 3. The van der Waals surface area contributed by atoms with E-state index in [0.29, 0.717) is 5.92 Å². The molecular formula is C18H28O3. The van der Waals surface area contributed by atoms with Gasteiger partial charge in [-0.25, -0.2) is 0 Å². The van der Waals surface area contributed by atoms with Crippen molar-refractivity contribution in [3.63, 3.8) is 0 Å². The molecule has 3 nitrogen and oxygen atoms in total. The van der Waals surface area contributed by atoms with E-state index in [2.05, 4.69) is 38.1 Å². The van der Waals surface area contributed by atoms with Crippen molar-refractivity contribution in [2.75, 3.05) is 13.2 Å². The lowest BCUT2D eigenvalue weighted by Gasteiger charge is -2.27. The molecule has 3 heteroatoms. The number of ether oxygens (including phenoxy) is 1. The lowest BCUT2D eigenvalue weighted by Crippen LogP contribution is -2.29. The van der Waals surface area contributed by atoms with Gasteiger partial charge in [0.2, 0.25) is 0 Å². The van der Waals surface area contributed by atoms with E-state index >= 15 is 0 Å². The molecule has 1 aromatic carbocycles. The van der Waals surface area contributed by atoms with E-state index in [0.717, 1.165) is 19.3 Å². The highest BCUT2D eigenvalue weighted by molar-refractivity contribution is 5.76. The molecule has 0 aliphatic carbocycles. The van der Waals surface area contributed by atoms with E-state index < -0.39 is 5.41 Å². The highest BCUT2D eigenvalue weighted by atomic mass is 16.5. The molecule has 0 amide bonds. The van der Waals surface area contributed by atoms with Gasteiger partial charge in [0.15, 0.2) is 0 Å². The summed E-state index contributed by atoms with van der Waals surface area (Å²) in [6.45, 7) is 8.06. The molecule has 1 unspecified atom stereocenters. The van der Waals surface area contributed by atoms with Crippen molar-refractivity contribution in [3.8, 4) is 0 Å². The van der Waals surface area contributed by atoms with Crippen LogP contribution in [0.2, 0.25) is 0 Å². The maximum Gasteiger partial charge on any atom is 0.311 e. The molecule has 21 heavy (non-hydrogen) atoms. The Morgan fingerprint density at radius 2 is 1.86 bits per heavy atom. The van der Waals surface area contributed by atoms with Crippen LogP contribution in [0.1, 0.15) is 57.6 Å². The Hall–Kier alpha value is -1.35. The monoisotopic (exact) mass is 292 g/mol. The zero-order valence-electron chi connectivity index (χ0n) is 13.7. The summed E-state index contributed by atoms with van der Waals surface area (Å²) >= 11 is 0. The van der Waals surface area contributed by atoms with Gasteiger partial charge in [-0.15, -0.1) is 0 Å². The Kier molecular flexibility index (Phi) is 6.90. The van der Waals surface area contributed by atoms with Crippen LogP contribution in [-0.2, 0) is 16.0 Å². The van der Waals surface area contributed by atoms with Crippen LogP contribution in [0.5, 0.6) is 0 Å². The summed E-state index contributed by atoms with van der Waals surface area (Å²) in [6.07, 6.45) is 2.78. The van der Waals surface area contributed by atoms with Gasteiger partial charge in [-0.1, -0.05) is 38.1 Å². The van der Waals surface area contributed by atoms with Gasteiger partial charge in [0.1, 0.15) is 6.61 Å². The number of esters is 1. The average molecular weight is 292 g/mol. The molecular weight excluding hydrogens is 264 g/mol. The summed E-state index contributed by atoms with van der Waals surface area (Å²) < 4.78 is 5.08. The van der Waals surface area contributed by atoms with Crippen LogP contribution in [0.4, 0.5) is 0 Å². The van der Waals surface area contributed by atoms with E-state index in [1.165, 1.54) is 11.1 Å². The third-order valence-electron chi connectivity index (χ3n) is 3.99. The first-order valence-electron chi connectivity index (χ1n) is 7.81. The van der Waals surface area contributed by atoms with Gasteiger partial charge in [-0.2, -0.15) is 0 Å². The van der Waals surface area contributed by atoms with Gasteiger partial charge >= 0.3 is 5.97 Å². The summed E-state index contributed by atoms with van der Waals surface area (Å²) in [5, 5.41) is 8.76. The molecule has 1 rings (SSSR count). The van der Waals surface area contributed by atoms with Crippen molar-refractivity contribution in [3.05, 3.63) is 35.4 Å². The molecule has 0 saturated heterocycles. The Labute approximate surface area is 128 Å². The maximum atomic E-state index is 12.1. The lowest BCUT2D eigenvalue weighted by atomic mass is 9.78. The minimum absolute atomic E-state index is 0.0737. The Morgan fingerprint density at radius 3 is 2.33 bits per heavy atom. The quantitative estimate of drug-likeness (QED) is 0.743. The van der Waals surface area contributed by atoms with Crippen LogP contribution in [0.25, 0.3) is 0 Å². The molecule has 0 heterocycles. The number of hydrogen-bond donors (Lipinski definition) is 1. The Balaban J connectivity index is 2.77. The normalized spacial score (nSPS) is 13.0. The van der Waals surface area contributed by atoms with E-state index in [1.807, 2.05) is 13.8 Å². The molecule has 0 aliphatic rings. The molecule has 1 N–H and O–H groups in total. The third-order valence-corrected chi connectivity index (χ3v) is 3.99. The molecule has 0 aromatic heterocycles. The predicted octanol–water partition coefficient (Wildman–Crippen LogP) is 3.69. The van der Waals surface area contributed by atoms with Gasteiger partial charge in [0.25, 0.3) is 0 Å². The summed E-state index contributed by atoms with van der Waals surface area (Å²) in [7, 11) is 0. The van der Waals surface area contributed by atoms with Gasteiger partial charge in [-0.3, -0.25) is 4.79 Å². The SMILES string of the molecule is CCc1ccc(C(CC)CC(C)(C)C(=O)OCCO)cc1. The first-order valence-corrected chi connectivity index (χ1v) is 7.81. The van der Waals surface area contributed by atoms with Gasteiger partial charge in [-0.05, 0) is 50.2 Å². The number of benzene rings is 1. The number of aliphatic hydroxyl groups excluding tert-OH is 1. The second kappa shape index (κ2) is 8.18. The highest BCUT2D eigenvalue weighted by Gasteiger charge is 2.32. The highest BCUT2D eigenvalue weighted by Crippen LogP contribution is 2.35. The molecule has 0 aliphatic heterocycles. The van der Waals surface area contributed by atoms with Crippen molar-refractivity contribution >= 4 is 5.97 Å². The van der Waals surface area contributed by atoms with Crippen LogP contribution < -0.4 is 0 Å². The van der Waals surface area contributed by atoms with Crippen LogP contribution in [0.15, 0.2) is 24.3 Å². The second-order valence-electron chi connectivity index (χ2n) is 6.15. The fraction of sp³-hybridized carbons (Fsp3) is 0.611. The molecule has 0 saturated carbocycles. The third kappa shape index (κ3) is 5.16. The van der Waals surface area contributed by atoms with Crippen molar-refractivity contribution in [2.45, 2.75) is 52.9 Å². The zero-order valence-corrected chi connectivity index (χ0v) is 13.7. The Bertz CT molecular complexity index is 434. The molecule has 0 spiro atoms. The molecule has 0 radical (unpaired) electrons. The minimum Gasteiger partial charge on any atom is -0.463 e. The lowest BCUT2D eigenvalue weighted by molar-refractivity contribution is -0.155. The molecule has 1 aromatic rings. The number of aliphatic hydroxyl groups is 1.